The Morgan fingerprint density at radius 2 is 1.75 bits per heavy atom. The average Bonchev–Trinajstić information content (AvgIpc) is 3.52. The second-order valence-corrected chi connectivity index (χ2v) is 11.6. The summed E-state index contributed by atoms with van der Waals surface area (Å²) >= 11 is 6.75. The lowest BCUT2D eigenvalue weighted by molar-refractivity contribution is 0.0915. The van der Waals surface area contributed by atoms with Gasteiger partial charge in [0.15, 0.2) is 5.82 Å². The number of aromatic nitrogens is 2. The van der Waals surface area contributed by atoms with Gasteiger partial charge in [-0.3, -0.25) is 9.59 Å². The number of nitrogens with two attached hydrogens (primary N) is 1. The molecule has 0 aliphatic carbocycles. The number of nitrogens with one attached hydrogen (secondary N) is 2. The topological polar surface area (TPSA) is 128 Å². The van der Waals surface area contributed by atoms with Gasteiger partial charge in [0.2, 0.25) is 0 Å². The van der Waals surface area contributed by atoms with Gasteiger partial charge in [0.1, 0.15) is 11.4 Å². The van der Waals surface area contributed by atoms with E-state index in [0.717, 1.165) is 27.1 Å². The van der Waals surface area contributed by atoms with Crippen molar-refractivity contribution in [1.29, 1.82) is 0 Å². The maximum Gasteiger partial charge on any atom is 0.436 e. The van der Waals surface area contributed by atoms with Gasteiger partial charge in [0.25, 0.3) is 11.8 Å². The van der Waals surface area contributed by atoms with E-state index in [2.05, 4.69) is 15.7 Å². The zero-order chi connectivity index (χ0) is 29.0. The Balaban J connectivity index is 1.63. The van der Waals surface area contributed by atoms with Gasteiger partial charge in [-0.15, -0.1) is 28.0 Å². The molecule has 2 aromatic heterocycles. The van der Waals surface area contributed by atoms with Gasteiger partial charge in [-0.05, 0) is 49.1 Å². The molecule has 0 spiro atoms. The molecule has 0 fully saturated rings. The number of hydrogen-bond donors (Lipinski definition) is 3. The number of anilines is 1. The second kappa shape index (κ2) is 12.2. The van der Waals surface area contributed by atoms with Crippen LogP contribution in [0.15, 0.2) is 60.7 Å². The maximum atomic E-state index is 13.3. The molecule has 9 nitrogen and oxygen atoms in total. The molecule has 2 heterocycles. The zero-order valence-corrected chi connectivity index (χ0v) is 24.3. The Morgan fingerprint density at radius 3 is 2.38 bits per heavy atom. The third-order valence-corrected chi connectivity index (χ3v) is 7.75. The predicted molar refractivity (Wildman–Crippen MR) is 158 cm³/mol. The van der Waals surface area contributed by atoms with E-state index in [1.807, 2.05) is 70.2 Å². The third-order valence-electron chi connectivity index (χ3n) is 6.49. The molecule has 0 aliphatic rings. The van der Waals surface area contributed by atoms with Crippen LogP contribution in [0.25, 0.3) is 10.2 Å². The molecule has 4 N–H and O–H groups in total. The highest BCUT2D eigenvalue weighted by atomic mass is 35.5. The highest BCUT2D eigenvalue weighted by Crippen LogP contribution is 2.33. The van der Waals surface area contributed by atoms with E-state index in [1.165, 1.54) is 0 Å². The summed E-state index contributed by atoms with van der Waals surface area (Å²) in [5.41, 5.74) is 7.82. The lowest BCUT2D eigenvalue weighted by Crippen LogP contribution is -2.40. The van der Waals surface area contributed by atoms with Gasteiger partial charge in [0.05, 0.1) is 21.7 Å². The first-order chi connectivity index (χ1) is 19.0. The lowest BCUT2D eigenvalue weighted by Gasteiger charge is -2.26. The first-order valence-electron chi connectivity index (χ1n) is 12.8. The standard InChI is InChI=1S/C29H32ClN5O4S/c1-17(2)23(31)18-10-12-19(13-11-18)25(36)32-24-21-16-22(40-27(21)35(34-24)28(38)39-15-14-30)26(37)33-29(3,4)20-8-6-5-7-9-20/h5-13,16-17,23H,14-15,31H2,1-4H3,(H,33,37)(H,32,34,36). The molecule has 210 valence electrons. The van der Waals surface area contributed by atoms with Crippen molar-refractivity contribution in [3.8, 4) is 0 Å². The van der Waals surface area contributed by atoms with E-state index in [4.69, 9.17) is 22.1 Å². The molecule has 11 heteroatoms. The van der Waals surface area contributed by atoms with Crippen molar-refractivity contribution in [3.05, 3.63) is 82.2 Å². The predicted octanol–water partition coefficient (Wildman–Crippen LogP) is 5.89. The lowest BCUT2D eigenvalue weighted by atomic mass is 9.94. The quantitative estimate of drug-likeness (QED) is 0.211. The largest absolute Gasteiger partial charge is 0.447 e. The molecule has 4 aromatic rings. The van der Waals surface area contributed by atoms with E-state index < -0.39 is 17.5 Å². The SMILES string of the molecule is CC(C)C(N)c1ccc(C(=O)Nc2nn(C(=O)OCCCl)c3sc(C(=O)NC(C)(C)c4ccccc4)cc23)cc1. The fraction of sp³-hybridized carbons (Fsp3) is 0.310. The molecule has 0 bridgehead atoms. The number of fused-ring (bicyclic) bond motifs is 1. The minimum Gasteiger partial charge on any atom is -0.447 e. The number of nitrogens with zero attached hydrogens (tertiary/aromatic N) is 2. The smallest absolute Gasteiger partial charge is 0.436 e. The van der Waals surface area contributed by atoms with Crippen molar-refractivity contribution in [3.63, 3.8) is 0 Å². The molecule has 1 atom stereocenters. The van der Waals surface area contributed by atoms with Crippen LogP contribution in [0, 0.1) is 5.92 Å². The molecule has 4 rings (SSSR count). The minimum absolute atomic E-state index is 0.0156. The van der Waals surface area contributed by atoms with E-state index in [1.54, 1.807) is 18.2 Å². The molecule has 0 saturated heterocycles. The molecule has 0 radical (unpaired) electrons. The molecule has 0 aliphatic heterocycles. The molecule has 2 aromatic carbocycles. The molecule has 2 amide bonds. The average molecular weight is 582 g/mol. The first-order valence-corrected chi connectivity index (χ1v) is 14.2. The van der Waals surface area contributed by atoms with Gasteiger partial charge < -0.3 is 21.1 Å². The Morgan fingerprint density at radius 1 is 1.07 bits per heavy atom. The van der Waals surface area contributed by atoms with E-state index in [-0.39, 0.29) is 36.2 Å². The van der Waals surface area contributed by atoms with Crippen LogP contribution >= 0.6 is 22.9 Å². The maximum absolute atomic E-state index is 13.3. The number of carbonyl (C=O) groups excluding carboxylic acids is 3. The summed E-state index contributed by atoms with van der Waals surface area (Å²) < 4.78 is 6.20. The van der Waals surface area contributed by atoms with Crippen LogP contribution in [0.5, 0.6) is 0 Å². The van der Waals surface area contributed by atoms with Crippen LogP contribution < -0.4 is 16.4 Å². The number of halogens is 1. The number of amides is 2. The van der Waals surface area contributed by atoms with Crippen LogP contribution in [0.4, 0.5) is 10.6 Å². The molecule has 1 unspecified atom stereocenters. The van der Waals surface area contributed by atoms with Crippen molar-refractivity contribution < 1.29 is 19.1 Å². The summed E-state index contributed by atoms with van der Waals surface area (Å²) in [5, 5.41) is 10.5. The number of rotatable bonds is 9. The van der Waals surface area contributed by atoms with Gasteiger partial charge in [0, 0.05) is 11.6 Å². The van der Waals surface area contributed by atoms with Gasteiger partial charge >= 0.3 is 6.09 Å². The van der Waals surface area contributed by atoms with E-state index in [0.29, 0.717) is 20.7 Å². The van der Waals surface area contributed by atoms with Crippen molar-refractivity contribution in [1.82, 2.24) is 15.1 Å². The summed E-state index contributed by atoms with van der Waals surface area (Å²) in [6.07, 6.45) is -0.767. The summed E-state index contributed by atoms with van der Waals surface area (Å²) in [4.78, 5) is 39.8. The van der Waals surface area contributed by atoms with Crippen LogP contribution in [0.3, 0.4) is 0 Å². The third kappa shape index (κ3) is 6.35. The first kappa shape index (κ1) is 29.3. The van der Waals surface area contributed by atoms with Crippen LogP contribution in [0.2, 0.25) is 0 Å². The van der Waals surface area contributed by atoms with E-state index >= 15 is 0 Å². The molecule has 0 saturated carbocycles. The number of thiophene rings is 1. The van der Waals surface area contributed by atoms with Gasteiger partial charge in [-0.2, -0.15) is 4.68 Å². The van der Waals surface area contributed by atoms with E-state index in [9.17, 15) is 14.4 Å². The number of benzene rings is 2. The molecular formula is C29H32ClN5O4S. The number of ether oxygens (including phenoxy) is 1. The Kier molecular flexibility index (Phi) is 8.92. The van der Waals surface area contributed by atoms with Crippen molar-refractivity contribution in [2.24, 2.45) is 11.7 Å². The number of hydrogen-bond acceptors (Lipinski definition) is 7. The van der Waals surface area contributed by atoms with Crippen LogP contribution in [-0.2, 0) is 10.3 Å². The summed E-state index contributed by atoms with van der Waals surface area (Å²) in [5.74, 6) is -0.261. The normalized spacial score (nSPS) is 12.4. The highest BCUT2D eigenvalue weighted by molar-refractivity contribution is 7.20. The van der Waals surface area contributed by atoms with Crippen molar-refractivity contribution in [2.75, 3.05) is 17.8 Å². The fourth-order valence-corrected chi connectivity index (χ4v) is 5.19. The van der Waals surface area contributed by atoms with Gasteiger partial charge in [-0.1, -0.05) is 56.3 Å². The Hall–Kier alpha value is -3.73. The summed E-state index contributed by atoms with van der Waals surface area (Å²) in [6, 6.07) is 18.1. The fourth-order valence-electron chi connectivity index (χ4n) is 4.12. The molecule has 40 heavy (non-hydrogen) atoms. The van der Waals surface area contributed by atoms with Crippen molar-refractivity contribution >= 4 is 56.9 Å². The summed E-state index contributed by atoms with van der Waals surface area (Å²) in [7, 11) is 0. The van der Waals surface area contributed by atoms with Crippen LogP contribution in [-0.4, -0.2) is 40.2 Å². The molecular weight excluding hydrogens is 550 g/mol. The highest BCUT2D eigenvalue weighted by Gasteiger charge is 2.27. The Bertz CT molecular complexity index is 1510. The van der Waals surface area contributed by atoms with Crippen LogP contribution in [0.1, 0.15) is 64.9 Å². The summed E-state index contributed by atoms with van der Waals surface area (Å²) in [6.45, 7) is 7.86. The monoisotopic (exact) mass is 581 g/mol. The number of alkyl halides is 1. The van der Waals surface area contributed by atoms with Gasteiger partial charge in [-0.25, -0.2) is 4.79 Å². The second-order valence-electron chi connectivity index (χ2n) is 10.2. The minimum atomic E-state index is -0.767. The number of carbonyl (C=O) groups is 3. The Labute approximate surface area is 241 Å². The zero-order valence-electron chi connectivity index (χ0n) is 22.7. The van der Waals surface area contributed by atoms with Crippen molar-refractivity contribution in [2.45, 2.75) is 39.3 Å².